The quantitative estimate of drug-likeness (QED) is 0.0324. The highest BCUT2D eigenvalue weighted by Crippen LogP contribution is 2.23. The normalized spacial score (nSPS) is 22.3. The van der Waals surface area contributed by atoms with E-state index in [4.69, 9.17) is 9.47 Å². The van der Waals surface area contributed by atoms with Crippen LogP contribution in [0.4, 0.5) is 0 Å². The molecule has 0 unspecified atom stereocenters. The number of carbonyl (C=O) groups excluding carboxylic acids is 1. The summed E-state index contributed by atoms with van der Waals surface area (Å²) in [5.41, 5.74) is 0. The second kappa shape index (κ2) is 33.5. The molecule has 1 aliphatic rings. The van der Waals surface area contributed by atoms with E-state index in [-0.39, 0.29) is 18.9 Å². The van der Waals surface area contributed by atoms with E-state index in [1.165, 1.54) is 128 Å². The van der Waals surface area contributed by atoms with E-state index in [0.717, 1.165) is 44.9 Å². The first-order valence-corrected chi connectivity index (χ1v) is 21.8. The van der Waals surface area contributed by atoms with Crippen LogP contribution in [0.15, 0.2) is 0 Å². The average Bonchev–Trinajstić information content (AvgIpc) is 3.14. The number of ether oxygens (including phenoxy) is 2. The second-order valence-electron chi connectivity index (χ2n) is 15.6. The molecule has 0 aliphatic carbocycles. The van der Waals surface area contributed by atoms with E-state index in [0.29, 0.717) is 6.42 Å². The van der Waals surface area contributed by atoms with Gasteiger partial charge in [0.25, 0.3) is 0 Å². The van der Waals surface area contributed by atoms with Gasteiger partial charge < -0.3 is 45.4 Å². The molecule has 0 aromatic carbocycles. The highest BCUT2D eigenvalue weighted by Gasteiger charge is 2.44. The zero-order valence-corrected chi connectivity index (χ0v) is 33.4. The summed E-state index contributed by atoms with van der Waals surface area (Å²) in [5.74, 6) is -0.256. The van der Waals surface area contributed by atoms with Gasteiger partial charge in [0.1, 0.15) is 30.5 Å². The predicted octanol–water partition coefficient (Wildman–Crippen LogP) is 7.36. The molecule has 10 heteroatoms. The molecule has 1 amide bonds. The molecule has 1 rings (SSSR count). The van der Waals surface area contributed by atoms with Gasteiger partial charge >= 0.3 is 0 Å². The maximum Gasteiger partial charge on any atom is 0.220 e. The van der Waals surface area contributed by atoms with E-state index in [2.05, 4.69) is 19.2 Å². The molecule has 52 heavy (non-hydrogen) atoms. The summed E-state index contributed by atoms with van der Waals surface area (Å²) >= 11 is 0. The average molecular weight is 746 g/mol. The van der Waals surface area contributed by atoms with Gasteiger partial charge in [0.15, 0.2) is 6.29 Å². The fourth-order valence-electron chi connectivity index (χ4n) is 7.20. The number of rotatable bonds is 36. The van der Waals surface area contributed by atoms with Gasteiger partial charge in [-0.2, -0.15) is 0 Å². The number of amides is 1. The number of hydrogen-bond donors (Lipinski definition) is 7. The van der Waals surface area contributed by atoms with Gasteiger partial charge in [0.2, 0.25) is 5.91 Å². The standard InChI is InChI=1S/C42H83NO9/c1-3-5-7-9-11-13-15-17-18-19-21-23-25-27-29-31-37(46)43-34(33-51-42-41(50)40(49)39(48)36(32-44)52-42)38(47)35(45)30-28-26-24-22-20-16-14-12-10-8-6-4-2/h34-36,38-42,44-45,47-50H,3-33H2,1-2H3,(H,43,46)/t34-,35+,36+,38-,39+,40-,41+,42-/m0/s1. The Balaban J connectivity index is 2.42. The van der Waals surface area contributed by atoms with Crippen molar-refractivity contribution in [2.75, 3.05) is 13.2 Å². The summed E-state index contributed by atoms with van der Waals surface area (Å²) in [6.45, 7) is 3.60. The smallest absolute Gasteiger partial charge is 0.220 e. The molecular formula is C42H83NO9. The van der Waals surface area contributed by atoms with Crippen molar-refractivity contribution in [3.63, 3.8) is 0 Å². The molecule has 0 saturated carbocycles. The number of nitrogens with one attached hydrogen (secondary N) is 1. The maximum absolute atomic E-state index is 13.0. The molecule has 0 spiro atoms. The number of carbonyl (C=O) groups is 1. The van der Waals surface area contributed by atoms with Gasteiger partial charge in [0, 0.05) is 6.42 Å². The zero-order valence-electron chi connectivity index (χ0n) is 33.4. The first kappa shape index (κ1) is 49.2. The Morgan fingerprint density at radius 1 is 0.596 bits per heavy atom. The van der Waals surface area contributed by atoms with Gasteiger partial charge in [0.05, 0.1) is 25.4 Å². The Kier molecular flexibility index (Phi) is 31.7. The topological polar surface area (TPSA) is 169 Å². The van der Waals surface area contributed by atoms with Gasteiger partial charge in [-0.3, -0.25) is 4.79 Å². The Hall–Kier alpha value is -0.850. The number of aliphatic hydroxyl groups excluding tert-OH is 6. The van der Waals surface area contributed by atoms with Crippen molar-refractivity contribution in [1.29, 1.82) is 0 Å². The molecule has 310 valence electrons. The van der Waals surface area contributed by atoms with E-state index >= 15 is 0 Å². The van der Waals surface area contributed by atoms with Crippen molar-refractivity contribution in [1.82, 2.24) is 5.32 Å². The number of hydrogen-bond acceptors (Lipinski definition) is 9. The third-order valence-corrected chi connectivity index (χ3v) is 10.8. The van der Waals surface area contributed by atoms with Crippen molar-refractivity contribution in [2.45, 2.75) is 249 Å². The molecule has 0 aromatic rings. The fraction of sp³-hybridized carbons (Fsp3) is 0.976. The second-order valence-corrected chi connectivity index (χ2v) is 15.6. The lowest BCUT2D eigenvalue weighted by molar-refractivity contribution is -0.303. The Morgan fingerprint density at radius 3 is 1.42 bits per heavy atom. The molecule has 1 fully saturated rings. The third kappa shape index (κ3) is 23.8. The van der Waals surface area contributed by atoms with Crippen molar-refractivity contribution < 1.29 is 44.9 Å². The van der Waals surface area contributed by atoms with Crippen LogP contribution < -0.4 is 5.32 Å². The van der Waals surface area contributed by atoms with Crippen LogP contribution in [0.1, 0.15) is 200 Å². The van der Waals surface area contributed by atoms with Gasteiger partial charge in [-0.25, -0.2) is 0 Å². The van der Waals surface area contributed by atoms with Gasteiger partial charge in [-0.15, -0.1) is 0 Å². The minimum absolute atomic E-state index is 0.256. The summed E-state index contributed by atoms with van der Waals surface area (Å²) in [7, 11) is 0. The maximum atomic E-state index is 13.0. The summed E-state index contributed by atoms with van der Waals surface area (Å²) in [6.07, 6.45) is 23.9. The Bertz CT molecular complexity index is 803. The molecule has 1 heterocycles. The third-order valence-electron chi connectivity index (χ3n) is 10.8. The summed E-state index contributed by atoms with van der Waals surface area (Å²) in [6, 6.07) is -0.983. The zero-order chi connectivity index (χ0) is 38.2. The lowest BCUT2D eigenvalue weighted by atomic mass is 9.98. The molecule has 10 nitrogen and oxygen atoms in total. The minimum atomic E-state index is -1.60. The molecule has 1 saturated heterocycles. The molecular weight excluding hydrogens is 662 g/mol. The minimum Gasteiger partial charge on any atom is -0.394 e. The summed E-state index contributed by atoms with van der Waals surface area (Å²) < 4.78 is 11.1. The Morgan fingerprint density at radius 2 is 1.00 bits per heavy atom. The summed E-state index contributed by atoms with van der Waals surface area (Å²) in [4.78, 5) is 13.0. The van der Waals surface area contributed by atoms with Gasteiger partial charge in [-0.05, 0) is 12.8 Å². The molecule has 8 atom stereocenters. The highest BCUT2D eigenvalue weighted by atomic mass is 16.7. The molecule has 1 aliphatic heterocycles. The number of unbranched alkanes of at least 4 members (excludes halogenated alkanes) is 25. The van der Waals surface area contributed by atoms with Crippen molar-refractivity contribution in [3.8, 4) is 0 Å². The van der Waals surface area contributed by atoms with E-state index in [1.54, 1.807) is 0 Å². The van der Waals surface area contributed by atoms with Crippen LogP contribution in [0.3, 0.4) is 0 Å². The summed E-state index contributed by atoms with van der Waals surface area (Å²) in [5, 5.41) is 65.0. The highest BCUT2D eigenvalue weighted by molar-refractivity contribution is 5.76. The van der Waals surface area contributed by atoms with Crippen LogP contribution in [0.25, 0.3) is 0 Å². The lowest BCUT2D eigenvalue weighted by Gasteiger charge is -2.40. The molecule has 0 bridgehead atoms. The Labute approximate surface area is 317 Å². The fourth-order valence-corrected chi connectivity index (χ4v) is 7.20. The van der Waals surface area contributed by atoms with Crippen molar-refractivity contribution in [2.24, 2.45) is 0 Å². The SMILES string of the molecule is CCCCCCCCCCCCCCCCCC(=O)N[C@@H](CO[C@H]1O[C@H](CO)[C@@H](O)[C@H](O)[C@H]1O)[C@H](O)[C@H](O)CCCCCCCCCCCCCC. The van der Waals surface area contributed by atoms with E-state index in [9.17, 15) is 35.4 Å². The monoisotopic (exact) mass is 746 g/mol. The van der Waals surface area contributed by atoms with E-state index in [1.807, 2.05) is 0 Å². The van der Waals surface area contributed by atoms with E-state index < -0.39 is 55.6 Å². The number of aliphatic hydroxyl groups is 6. The molecule has 7 N–H and O–H groups in total. The van der Waals surface area contributed by atoms with Crippen LogP contribution in [0, 0.1) is 0 Å². The first-order chi connectivity index (χ1) is 25.3. The van der Waals surface area contributed by atoms with Crippen LogP contribution >= 0.6 is 0 Å². The first-order valence-electron chi connectivity index (χ1n) is 21.8. The molecule has 0 aromatic heterocycles. The van der Waals surface area contributed by atoms with Crippen molar-refractivity contribution in [3.05, 3.63) is 0 Å². The van der Waals surface area contributed by atoms with Crippen LogP contribution in [-0.2, 0) is 14.3 Å². The molecule has 0 radical (unpaired) electrons. The lowest BCUT2D eigenvalue weighted by Crippen LogP contribution is -2.60. The predicted molar refractivity (Wildman–Crippen MR) is 209 cm³/mol. The van der Waals surface area contributed by atoms with Gasteiger partial charge in [-0.1, -0.05) is 181 Å². The van der Waals surface area contributed by atoms with Crippen LogP contribution in [-0.4, -0.2) is 98.7 Å². The largest absolute Gasteiger partial charge is 0.394 e. The van der Waals surface area contributed by atoms with Crippen molar-refractivity contribution >= 4 is 5.91 Å². The van der Waals surface area contributed by atoms with Crippen LogP contribution in [0.2, 0.25) is 0 Å². The van der Waals surface area contributed by atoms with Crippen LogP contribution in [0.5, 0.6) is 0 Å².